The zero-order valence-corrected chi connectivity index (χ0v) is 14.9. The molecular formula is C18H21ClN4O2. The van der Waals surface area contributed by atoms with Crippen LogP contribution in [0.15, 0.2) is 36.7 Å². The second kappa shape index (κ2) is 8.16. The zero-order chi connectivity index (χ0) is 17.6. The number of halogens is 1. The summed E-state index contributed by atoms with van der Waals surface area (Å²) in [5.74, 6) is 0. The maximum atomic E-state index is 12.3. The fraction of sp³-hybridized carbons (Fsp3) is 0.389. The highest BCUT2D eigenvalue weighted by molar-refractivity contribution is 6.31. The lowest BCUT2D eigenvalue weighted by Crippen LogP contribution is -2.46. The van der Waals surface area contributed by atoms with E-state index >= 15 is 0 Å². The first-order chi connectivity index (χ1) is 12.1. The molecule has 2 aromatic rings. The largest absolute Gasteiger partial charge is 0.460 e. The van der Waals surface area contributed by atoms with E-state index in [0.717, 1.165) is 24.0 Å². The number of nitrogens with one attached hydrogen (secondary N) is 1. The molecule has 1 saturated heterocycles. The number of aromatic nitrogens is 2. The molecule has 0 aliphatic carbocycles. The van der Waals surface area contributed by atoms with Gasteiger partial charge in [-0.3, -0.25) is 0 Å². The number of nitrogens with zero attached hydrogens (tertiary/aromatic N) is 3. The highest BCUT2D eigenvalue weighted by atomic mass is 35.5. The van der Waals surface area contributed by atoms with E-state index in [1.807, 2.05) is 25.1 Å². The predicted molar refractivity (Wildman–Crippen MR) is 95.7 cm³/mol. The van der Waals surface area contributed by atoms with E-state index in [9.17, 15) is 4.79 Å². The first-order valence-corrected chi connectivity index (χ1v) is 8.71. The van der Waals surface area contributed by atoms with E-state index in [2.05, 4.69) is 15.3 Å². The van der Waals surface area contributed by atoms with Crippen molar-refractivity contribution in [2.45, 2.75) is 32.4 Å². The number of carbonyl (C=O) groups excluding carboxylic acids is 1. The van der Waals surface area contributed by atoms with Crippen LogP contribution in [-0.4, -0.2) is 40.1 Å². The van der Waals surface area contributed by atoms with Gasteiger partial charge in [0.25, 0.3) is 0 Å². The Kier molecular flexibility index (Phi) is 5.71. The second-order valence-electron chi connectivity index (χ2n) is 6.09. The maximum absolute atomic E-state index is 12.3. The first-order valence-electron chi connectivity index (χ1n) is 8.33. The molecule has 0 radical (unpaired) electrons. The van der Waals surface area contributed by atoms with Gasteiger partial charge in [0.1, 0.15) is 6.10 Å². The number of likely N-dealkylation sites (tertiary alicyclic amines) is 1. The van der Waals surface area contributed by atoms with E-state index in [1.165, 1.54) is 0 Å². The number of rotatable bonds is 4. The van der Waals surface area contributed by atoms with Gasteiger partial charge in [0, 0.05) is 49.9 Å². The van der Waals surface area contributed by atoms with Crippen molar-refractivity contribution < 1.29 is 9.53 Å². The van der Waals surface area contributed by atoms with Crippen molar-refractivity contribution in [1.29, 1.82) is 0 Å². The van der Waals surface area contributed by atoms with Gasteiger partial charge in [-0.1, -0.05) is 23.7 Å². The van der Waals surface area contributed by atoms with Gasteiger partial charge in [0.15, 0.2) is 0 Å². The van der Waals surface area contributed by atoms with Crippen LogP contribution in [0.4, 0.5) is 4.79 Å². The fourth-order valence-corrected chi connectivity index (χ4v) is 3.05. The Hall–Kier alpha value is -2.34. The van der Waals surface area contributed by atoms with Gasteiger partial charge in [-0.25, -0.2) is 14.8 Å². The first kappa shape index (κ1) is 17.5. The van der Waals surface area contributed by atoms with Crippen LogP contribution in [0.25, 0.3) is 0 Å². The van der Waals surface area contributed by atoms with Crippen LogP contribution in [0, 0.1) is 6.92 Å². The molecule has 0 atom stereocenters. The SMILES string of the molecule is Cc1ccc(CNC(=O)N2CCC(Oc3ncccn3)CC2)c(Cl)c1. The molecule has 0 bridgehead atoms. The summed E-state index contributed by atoms with van der Waals surface area (Å²) in [7, 11) is 0. The molecule has 2 amide bonds. The molecule has 0 saturated carbocycles. The van der Waals surface area contributed by atoms with E-state index in [1.54, 1.807) is 23.4 Å². The molecule has 6 nitrogen and oxygen atoms in total. The third kappa shape index (κ3) is 4.82. The van der Waals surface area contributed by atoms with Gasteiger partial charge >= 0.3 is 12.0 Å². The van der Waals surface area contributed by atoms with E-state index in [0.29, 0.717) is 30.7 Å². The summed E-state index contributed by atoms with van der Waals surface area (Å²) < 4.78 is 5.74. The number of piperidine rings is 1. The van der Waals surface area contributed by atoms with Gasteiger partial charge in [-0.15, -0.1) is 0 Å². The number of hydrogen-bond donors (Lipinski definition) is 1. The lowest BCUT2D eigenvalue weighted by atomic mass is 10.1. The van der Waals surface area contributed by atoms with Crippen LogP contribution in [-0.2, 0) is 6.54 Å². The van der Waals surface area contributed by atoms with Crippen LogP contribution in [0.2, 0.25) is 5.02 Å². The minimum Gasteiger partial charge on any atom is -0.460 e. The van der Waals surface area contributed by atoms with Crippen molar-refractivity contribution in [2.75, 3.05) is 13.1 Å². The molecule has 0 unspecified atom stereocenters. The predicted octanol–water partition coefficient (Wildman–Crippen LogP) is 3.19. The minimum absolute atomic E-state index is 0.0398. The van der Waals surface area contributed by atoms with Crippen molar-refractivity contribution in [3.05, 3.63) is 52.8 Å². The van der Waals surface area contributed by atoms with Crippen molar-refractivity contribution in [2.24, 2.45) is 0 Å². The van der Waals surface area contributed by atoms with Crippen LogP contribution in [0.1, 0.15) is 24.0 Å². The Morgan fingerprint density at radius 3 is 2.72 bits per heavy atom. The summed E-state index contributed by atoms with van der Waals surface area (Å²) in [6, 6.07) is 7.89. The third-order valence-electron chi connectivity index (χ3n) is 4.18. The van der Waals surface area contributed by atoms with Crippen molar-refractivity contribution >= 4 is 17.6 Å². The van der Waals surface area contributed by atoms with Crippen LogP contribution in [0.5, 0.6) is 6.01 Å². The summed E-state index contributed by atoms with van der Waals surface area (Å²) in [5.41, 5.74) is 2.02. The summed E-state index contributed by atoms with van der Waals surface area (Å²) in [6.07, 6.45) is 4.87. The van der Waals surface area contributed by atoms with Crippen molar-refractivity contribution in [3.8, 4) is 6.01 Å². The Bertz CT molecular complexity index is 718. The quantitative estimate of drug-likeness (QED) is 0.909. The Morgan fingerprint density at radius 1 is 1.32 bits per heavy atom. The molecule has 132 valence electrons. The molecular weight excluding hydrogens is 340 g/mol. The monoisotopic (exact) mass is 360 g/mol. The van der Waals surface area contributed by atoms with Gasteiger partial charge in [-0.05, 0) is 30.2 Å². The van der Waals surface area contributed by atoms with Gasteiger partial charge in [0.2, 0.25) is 0 Å². The topological polar surface area (TPSA) is 67.4 Å². The number of benzene rings is 1. The fourth-order valence-electron chi connectivity index (χ4n) is 2.75. The van der Waals surface area contributed by atoms with Gasteiger partial charge in [0.05, 0.1) is 0 Å². The molecule has 1 fully saturated rings. The number of aryl methyl sites for hydroxylation is 1. The molecule has 2 heterocycles. The molecule has 1 aromatic carbocycles. The van der Waals surface area contributed by atoms with E-state index in [4.69, 9.17) is 16.3 Å². The summed E-state index contributed by atoms with van der Waals surface area (Å²) >= 11 is 6.20. The maximum Gasteiger partial charge on any atom is 0.317 e. The highest BCUT2D eigenvalue weighted by Crippen LogP contribution is 2.18. The normalized spacial score (nSPS) is 15.0. The number of urea groups is 1. The average molecular weight is 361 g/mol. The summed E-state index contributed by atoms with van der Waals surface area (Å²) in [4.78, 5) is 22.3. The molecule has 0 spiro atoms. The number of amides is 2. The minimum atomic E-state index is -0.0777. The molecule has 1 aliphatic heterocycles. The van der Waals surface area contributed by atoms with Crippen molar-refractivity contribution in [3.63, 3.8) is 0 Å². The summed E-state index contributed by atoms with van der Waals surface area (Å²) in [6.45, 7) is 3.70. The average Bonchev–Trinajstić information content (AvgIpc) is 2.62. The summed E-state index contributed by atoms with van der Waals surface area (Å²) in [5, 5.41) is 3.61. The molecule has 1 aliphatic rings. The number of ether oxygens (including phenoxy) is 1. The number of carbonyl (C=O) groups is 1. The van der Waals surface area contributed by atoms with Crippen LogP contribution >= 0.6 is 11.6 Å². The highest BCUT2D eigenvalue weighted by Gasteiger charge is 2.24. The Balaban J connectivity index is 1.45. The van der Waals surface area contributed by atoms with Gasteiger partial charge in [-0.2, -0.15) is 0 Å². The Morgan fingerprint density at radius 2 is 2.04 bits per heavy atom. The van der Waals surface area contributed by atoms with Gasteiger partial charge < -0.3 is 15.0 Å². The molecule has 25 heavy (non-hydrogen) atoms. The van der Waals surface area contributed by atoms with E-state index < -0.39 is 0 Å². The third-order valence-corrected chi connectivity index (χ3v) is 4.53. The lowest BCUT2D eigenvalue weighted by molar-refractivity contribution is 0.103. The molecule has 1 N–H and O–H groups in total. The smallest absolute Gasteiger partial charge is 0.317 e. The second-order valence-corrected chi connectivity index (χ2v) is 6.50. The zero-order valence-electron chi connectivity index (χ0n) is 14.1. The standard InChI is InChI=1S/C18H21ClN4O2/c1-13-3-4-14(16(19)11-13)12-22-18(24)23-9-5-15(6-10-23)25-17-20-7-2-8-21-17/h2-4,7-8,11,15H,5-6,9-10,12H2,1H3,(H,22,24). The lowest BCUT2D eigenvalue weighted by Gasteiger charge is -2.31. The molecule has 7 heteroatoms. The van der Waals surface area contributed by atoms with Crippen LogP contribution < -0.4 is 10.1 Å². The van der Waals surface area contributed by atoms with Crippen LogP contribution in [0.3, 0.4) is 0 Å². The van der Waals surface area contributed by atoms with Crippen molar-refractivity contribution in [1.82, 2.24) is 20.2 Å². The van der Waals surface area contributed by atoms with E-state index in [-0.39, 0.29) is 12.1 Å². The number of hydrogen-bond acceptors (Lipinski definition) is 4. The Labute approximate surface area is 152 Å². The molecule has 1 aromatic heterocycles. The molecule has 3 rings (SSSR count).